The molecule has 0 aliphatic carbocycles. The molecule has 1 heterocycles. The third-order valence-corrected chi connectivity index (χ3v) is 4.42. The van der Waals surface area contributed by atoms with Crippen LogP contribution >= 0.6 is 0 Å². The fraction of sp³-hybridized carbons (Fsp3) is 0.611. The number of piperidine rings is 1. The van der Waals surface area contributed by atoms with Gasteiger partial charge in [-0.1, -0.05) is 0 Å². The van der Waals surface area contributed by atoms with Crippen molar-refractivity contribution in [3.05, 3.63) is 18.2 Å². The molecule has 0 bridgehead atoms. The van der Waals surface area contributed by atoms with E-state index in [1.165, 1.54) is 0 Å². The Balaban J connectivity index is 1.75. The first-order chi connectivity index (χ1) is 11.6. The zero-order valence-electron chi connectivity index (χ0n) is 14.6. The molecule has 0 amide bonds. The van der Waals surface area contributed by atoms with Crippen LogP contribution in [0.25, 0.3) is 0 Å². The Morgan fingerprint density at radius 1 is 1.17 bits per heavy atom. The van der Waals surface area contributed by atoms with Gasteiger partial charge < -0.3 is 24.8 Å². The number of methoxy groups -OCH3 is 2. The van der Waals surface area contributed by atoms with Gasteiger partial charge in [-0.05, 0) is 32.2 Å². The Labute approximate surface area is 143 Å². The molecule has 2 rings (SSSR count). The van der Waals surface area contributed by atoms with Gasteiger partial charge in [-0.25, -0.2) is 0 Å². The predicted octanol–water partition coefficient (Wildman–Crippen LogP) is 2.84. The van der Waals surface area contributed by atoms with Crippen LogP contribution in [-0.4, -0.2) is 55.9 Å². The molecule has 6 heteroatoms. The lowest BCUT2D eigenvalue weighted by atomic mass is 10.0. The van der Waals surface area contributed by atoms with E-state index in [1.807, 2.05) is 18.2 Å². The number of likely N-dealkylation sites (tertiary alicyclic amines) is 1. The van der Waals surface area contributed by atoms with Gasteiger partial charge in [0, 0.05) is 49.4 Å². The minimum absolute atomic E-state index is 0.274. The molecule has 0 spiro atoms. The summed E-state index contributed by atoms with van der Waals surface area (Å²) in [6.45, 7) is 3.09. The average molecular weight is 336 g/mol. The molecular formula is C18H28N2O4. The van der Waals surface area contributed by atoms with Crippen molar-refractivity contribution in [1.29, 1.82) is 0 Å². The molecule has 1 aromatic carbocycles. The van der Waals surface area contributed by atoms with Gasteiger partial charge in [0.2, 0.25) is 0 Å². The van der Waals surface area contributed by atoms with Crippen LogP contribution in [0.3, 0.4) is 0 Å². The van der Waals surface area contributed by atoms with E-state index < -0.39 is 5.97 Å². The summed E-state index contributed by atoms with van der Waals surface area (Å²) >= 11 is 0. The summed E-state index contributed by atoms with van der Waals surface area (Å²) in [5, 5.41) is 12.2. The molecule has 1 aromatic rings. The van der Waals surface area contributed by atoms with Crippen LogP contribution < -0.4 is 14.8 Å². The zero-order valence-corrected chi connectivity index (χ0v) is 14.6. The van der Waals surface area contributed by atoms with Crippen molar-refractivity contribution >= 4 is 11.7 Å². The third kappa shape index (κ3) is 5.92. The summed E-state index contributed by atoms with van der Waals surface area (Å²) in [7, 11) is 3.31. The number of nitrogens with one attached hydrogen (secondary N) is 1. The lowest BCUT2D eigenvalue weighted by molar-refractivity contribution is -0.137. The van der Waals surface area contributed by atoms with Crippen molar-refractivity contribution in [1.82, 2.24) is 4.90 Å². The van der Waals surface area contributed by atoms with Gasteiger partial charge in [-0.15, -0.1) is 0 Å². The Morgan fingerprint density at radius 2 is 1.79 bits per heavy atom. The van der Waals surface area contributed by atoms with Crippen LogP contribution in [0.2, 0.25) is 0 Å². The lowest BCUT2D eigenvalue weighted by Crippen LogP contribution is -2.39. The number of ether oxygens (including phenoxy) is 2. The first kappa shape index (κ1) is 18.4. The lowest BCUT2D eigenvalue weighted by Gasteiger charge is -2.33. The maximum atomic E-state index is 10.5. The number of carboxylic acids is 1. The molecule has 2 N–H and O–H groups in total. The molecule has 1 aliphatic heterocycles. The fourth-order valence-electron chi connectivity index (χ4n) is 3.04. The second kappa shape index (κ2) is 9.37. The van der Waals surface area contributed by atoms with Crippen molar-refractivity contribution in [2.75, 3.05) is 39.2 Å². The normalized spacial score (nSPS) is 15.9. The largest absolute Gasteiger partial charge is 0.497 e. The Morgan fingerprint density at radius 3 is 2.33 bits per heavy atom. The summed E-state index contributed by atoms with van der Waals surface area (Å²) < 4.78 is 10.6. The topological polar surface area (TPSA) is 71.0 Å². The number of hydrogen-bond donors (Lipinski definition) is 2. The monoisotopic (exact) mass is 336 g/mol. The minimum Gasteiger partial charge on any atom is -0.497 e. The molecule has 0 atom stereocenters. The van der Waals surface area contributed by atoms with Gasteiger partial charge in [0.15, 0.2) is 0 Å². The second-order valence-electron chi connectivity index (χ2n) is 6.21. The zero-order chi connectivity index (χ0) is 17.4. The van der Waals surface area contributed by atoms with Crippen LogP contribution in [0.15, 0.2) is 18.2 Å². The number of aliphatic carboxylic acids is 1. The quantitative estimate of drug-likeness (QED) is 0.676. The average Bonchev–Trinajstić information content (AvgIpc) is 2.59. The molecule has 24 heavy (non-hydrogen) atoms. The highest BCUT2D eigenvalue weighted by Gasteiger charge is 2.19. The van der Waals surface area contributed by atoms with Crippen molar-refractivity contribution < 1.29 is 19.4 Å². The van der Waals surface area contributed by atoms with E-state index in [2.05, 4.69) is 10.2 Å². The number of carbonyl (C=O) groups is 1. The van der Waals surface area contributed by atoms with E-state index in [9.17, 15) is 4.79 Å². The number of benzene rings is 1. The molecular weight excluding hydrogens is 308 g/mol. The highest BCUT2D eigenvalue weighted by atomic mass is 16.5. The highest BCUT2D eigenvalue weighted by molar-refractivity contribution is 5.66. The molecule has 134 valence electrons. The number of nitrogens with zero attached hydrogens (tertiary/aromatic N) is 1. The van der Waals surface area contributed by atoms with Gasteiger partial charge in [0.05, 0.1) is 14.2 Å². The SMILES string of the molecule is COc1cc(NC2CCN(CCCCC(=O)O)CC2)cc(OC)c1. The summed E-state index contributed by atoms with van der Waals surface area (Å²) in [4.78, 5) is 12.9. The Kier molecular flexibility index (Phi) is 7.18. The van der Waals surface area contributed by atoms with Crippen LogP contribution in [-0.2, 0) is 4.79 Å². The second-order valence-corrected chi connectivity index (χ2v) is 6.21. The van der Waals surface area contributed by atoms with Gasteiger partial charge in [-0.2, -0.15) is 0 Å². The third-order valence-electron chi connectivity index (χ3n) is 4.42. The van der Waals surface area contributed by atoms with E-state index in [1.54, 1.807) is 14.2 Å². The summed E-state index contributed by atoms with van der Waals surface area (Å²) in [6.07, 6.45) is 4.15. The standard InChI is InChI=1S/C18H28N2O4/c1-23-16-11-15(12-17(13-16)24-2)19-14-6-9-20(10-7-14)8-4-3-5-18(21)22/h11-14,19H,3-10H2,1-2H3,(H,21,22). The van der Waals surface area contributed by atoms with E-state index >= 15 is 0 Å². The number of carboxylic acid groups (broad SMARTS) is 1. The van der Waals surface area contributed by atoms with E-state index in [0.717, 1.165) is 62.5 Å². The summed E-state index contributed by atoms with van der Waals surface area (Å²) in [6, 6.07) is 6.28. The molecule has 0 radical (unpaired) electrons. The maximum absolute atomic E-state index is 10.5. The first-order valence-electron chi connectivity index (χ1n) is 8.54. The minimum atomic E-state index is -0.702. The summed E-state index contributed by atoms with van der Waals surface area (Å²) in [5.74, 6) is 0.868. The molecule has 6 nitrogen and oxygen atoms in total. The maximum Gasteiger partial charge on any atom is 0.303 e. The van der Waals surface area contributed by atoms with Crippen LogP contribution in [0.5, 0.6) is 11.5 Å². The number of anilines is 1. The fourth-order valence-corrected chi connectivity index (χ4v) is 3.04. The summed E-state index contributed by atoms with van der Waals surface area (Å²) in [5.41, 5.74) is 1.02. The molecule has 0 aromatic heterocycles. The smallest absolute Gasteiger partial charge is 0.303 e. The van der Waals surface area contributed by atoms with Crippen molar-refractivity contribution in [3.8, 4) is 11.5 Å². The van der Waals surface area contributed by atoms with Crippen LogP contribution in [0, 0.1) is 0 Å². The van der Waals surface area contributed by atoms with Crippen LogP contribution in [0.4, 0.5) is 5.69 Å². The molecule has 1 aliphatic rings. The molecule has 0 saturated carbocycles. The number of rotatable bonds is 9. The van der Waals surface area contributed by atoms with Gasteiger partial charge in [0.1, 0.15) is 11.5 Å². The van der Waals surface area contributed by atoms with Crippen LogP contribution in [0.1, 0.15) is 32.1 Å². The molecule has 0 unspecified atom stereocenters. The highest BCUT2D eigenvalue weighted by Crippen LogP contribution is 2.27. The van der Waals surface area contributed by atoms with Crippen molar-refractivity contribution in [2.24, 2.45) is 0 Å². The predicted molar refractivity (Wildman–Crippen MR) is 94.1 cm³/mol. The van der Waals surface area contributed by atoms with E-state index in [4.69, 9.17) is 14.6 Å². The Bertz CT molecular complexity index is 506. The molecule has 1 saturated heterocycles. The molecule has 1 fully saturated rings. The van der Waals surface area contributed by atoms with Crippen molar-refractivity contribution in [2.45, 2.75) is 38.1 Å². The first-order valence-corrected chi connectivity index (χ1v) is 8.54. The Hall–Kier alpha value is -1.95. The number of hydrogen-bond acceptors (Lipinski definition) is 5. The van der Waals surface area contributed by atoms with Gasteiger partial charge in [0.25, 0.3) is 0 Å². The van der Waals surface area contributed by atoms with Gasteiger partial charge >= 0.3 is 5.97 Å². The van der Waals surface area contributed by atoms with E-state index in [-0.39, 0.29) is 6.42 Å². The van der Waals surface area contributed by atoms with Crippen molar-refractivity contribution in [3.63, 3.8) is 0 Å². The number of unbranched alkanes of at least 4 members (excludes halogenated alkanes) is 1. The van der Waals surface area contributed by atoms with E-state index in [0.29, 0.717) is 6.04 Å². The van der Waals surface area contributed by atoms with Gasteiger partial charge in [-0.3, -0.25) is 4.79 Å².